The second-order valence-corrected chi connectivity index (χ2v) is 9.14. The van der Waals surface area contributed by atoms with Crippen LogP contribution in [0.5, 0.6) is 0 Å². The van der Waals surface area contributed by atoms with E-state index in [0.717, 1.165) is 35.9 Å². The average molecular weight is 453 g/mol. The summed E-state index contributed by atoms with van der Waals surface area (Å²) in [5.41, 5.74) is 2.19. The number of thiazole rings is 1. The zero-order valence-corrected chi connectivity index (χ0v) is 19.2. The number of piperazine rings is 1. The van der Waals surface area contributed by atoms with Gasteiger partial charge in [0.1, 0.15) is 11.0 Å². The smallest absolute Gasteiger partial charge is 0.287 e. The fraction of sp³-hybridized carbons (Fsp3) is 0.375. The van der Waals surface area contributed by atoms with Gasteiger partial charge in [0.25, 0.3) is 5.91 Å². The molecule has 1 aromatic carbocycles. The van der Waals surface area contributed by atoms with Gasteiger partial charge in [-0.1, -0.05) is 44.2 Å². The number of carbonyl (C=O) groups is 2. The molecule has 0 radical (unpaired) electrons. The number of rotatable bonds is 7. The SMILES string of the molecule is CC(C)C(NC(=O)c1ccco1)C(=O)N1CCN(Cc2csc(-c3ccccc3)n2)CC1. The standard InChI is InChI=1S/C24H28N4O3S/c1-17(2)21(26-22(29)20-9-6-14-31-20)24(30)28-12-10-27(11-13-28)15-19-16-32-23(25-19)18-7-4-3-5-8-18/h3-9,14,16-17,21H,10-13,15H2,1-2H3,(H,26,29). The molecule has 2 aromatic heterocycles. The summed E-state index contributed by atoms with van der Waals surface area (Å²) in [5.74, 6) is -0.213. The van der Waals surface area contributed by atoms with Crippen LogP contribution in [-0.2, 0) is 11.3 Å². The van der Waals surface area contributed by atoms with E-state index in [4.69, 9.17) is 9.40 Å². The van der Waals surface area contributed by atoms with Crippen LogP contribution in [-0.4, -0.2) is 58.8 Å². The Morgan fingerprint density at radius 3 is 2.50 bits per heavy atom. The van der Waals surface area contributed by atoms with Crippen molar-refractivity contribution in [2.45, 2.75) is 26.4 Å². The summed E-state index contributed by atoms with van der Waals surface area (Å²) in [4.78, 5) is 34.4. The molecule has 1 fully saturated rings. The van der Waals surface area contributed by atoms with Crippen molar-refractivity contribution in [2.24, 2.45) is 5.92 Å². The van der Waals surface area contributed by atoms with E-state index in [1.165, 1.54) is 6.26 Å². The molecule has 4 rings (SSSR count). The molecule has 1 aliphatic rings. The molecule has 168 valence electrons. The Kier molecular flexibility index (Phi) is 7.02. The molecule has 3 heterocycles. The van der Waals surface area contributed by atoms with Gasteiger partial charge in [-0.05, 0) is 18.1 Å². The molecule has 3 aromatic rings. The fourth-order valence-corrected chi connectivity index (χ4v) is 4.60. The zero-order valence-electron chi connectivity index (χ0n) is 18.4. The number of hydrogen-bond donors (Lipinski definition) is 1. The Balaban J connectivity index is 1.31. The number of nitrogens with zero attached hydrogens (tertiary/aromatic N) is 3. The highest BCUT2D eigenvalue weighted by Gasteiger charge is 2.31. The van der Waals surface area contributed by atoms with Gasteiger partial charge in [0.05, 0.1) is 12.0 Å². The maximum absolute atomic E-state index is 13.1. The van der Waals surface area contributed by atoms with E-state index in [1.807, 2.05) is 36.9 Å². The Morgan fingerprint density at radius 2 is 1.84 bits per heavy atom. The molecule has 1 aliphatic heterocycles. The lowest BCUT2D eigenvalue weighted by atomic mass is 10.0. The first kappa shape index (κ1) is 22.2. The minimum absolute atomic E-state index is 0.0224. The molecule has 1 saturated heterocycles. The zero-order chi connectivity index (χ0) is 22.5. The maximum Gasteiger partial charge on any atom is 0.287 e. The van der Waals surface area contributed by atoms with Gasteiger partial charge in [0.2, 0.25) is 5.91 Å². The van der Waals surface area contributed by atoms with Crippen molar-refractivity contribution in [3.8, 4) is 10.6 Å². The fourth-order valence-electron chi connectivity index (χ4n) is 3.78. The molecule has 2 amide bonds. The summed E-state index contributed by atoms with van der Waals surface area (Å²) in [6.07, 6.45) is 1.45. The molecular formula is C24H28N4O3S. The number of aromatic nitrogens is 1. The van der Waals surface area contributed by atoms with E-state index in [1.54, 1.807) is 23.5 Å². The highest BCUT2D eigenvalue weighted by atomic mass is 32.1. The lowest BCUT2D eigenvalue weighted by Gasteiger charge is -2.37. The van der Waals surface area contributed by atoms with Gasteiger partial charge in [0.15, 0.2) is 5.76 Å². The van der Waals surface area contributed by atoms with E-state index in [-0.39, 0.29) is 23.5 Å². The van der Waals surface area contributed by atoms with Crippen molar-refractivity contribution >= 4 is 23.2 Å². The molecule has 0 spiro atoms. The van der Waals surface area contributed by atoms with Gasteiger partial charge in [0, 0.05) is 43.7 Å². The van der Waals surface area contributed by atoms with Crippen LogP contribution in [0.3, 0.4) is 0 Å². The predicted octanol–water partition coefficient (Wildman–Crippen LogP) is 3.50. The third kappa shape index (κ3) is 5.26. The number of amides is 2. The molecular weight excluding hydrogens is 424 g/mol. The first-order chi connectivity index (χ1) is 15.5. The van der Waals surface area contributed by atoms with E-state index in [0.29, 0.717) is 13.1 Å². The van der Waals surface area contributed by atoms with Crippen LogP contribution in [0.1, 0.15) is 30.1 Å². The molecule has 0 saturated carbocycles. The first-order valence-corrected chi connectivity index (χ1v) is 11.7. The summed E-state index contributed by atoms with van der Waals surface area (Å²) >= 11 is 1.66. The topological polar surface area (TPSA) is 78.7 Å². The monoisotopic (exact) mass is 452 g/mol. The van der Waals surface area contributed by atoms with Gasteiger partial charge >= 0.3 is 0 Å². The Bertz CT molecular complexity index is 1020. The number of furan rings is 1. The van der Waals surface area contributed by atoms with Gasteiger partial charge in [-0.3, -0.25) is 14.5 Å². The highest BCUT2D eigenvalue weighted by molar-refractivity contribution is 7.13. The summed E-state index contributed by atoms with van der Waals surface area (Å²) in [6, 6.07) is 12.9. The van der Waals surface area contributed by atoms with Crippen molar-refractivity contribution in [1.82, 2.24) is 20.1 Å². The molecule has 1 unspecified atom stereocenters. The van der Waals surface area contributed by atoms with E-state index in [9.17, 15) is 9.59 Å². The van der Waals surface area contributed by atoms with Crippen molar-refractivity contribution in [1.29, 1.82) is 0 Å². The third-order valence-electron chi connectivity index (χ3n) is 5.61. The largest absolute Gasteiger partial charge is 0.459 e. The predicted molar refractivity (Wildman–Crippen MR) is 124 cm³/mol. The summed E-state index contributed by atoms with van der Waals surface area (Å²) in [7, 11) is 0. The van der Waals surface area contributed by atoms with E-state index >= 15 is 0 Å². The van der Waals surface area contributed by atoms with Gasteiger partial charge in [-0.25, -0.2) is 4.98 Å². The van der Waals surface area contributed by atoms with Crippen LogP contribution < -0.4 is 5.32 Å². The van der Waals surface area contributed by atoms with Crippen LogP contribution >= 0.6 is 11.3 Å². The van der Waals surface area contributed by atoms with Crippen molar-refractivity contribution < 1.29 is 14.0 Å². The van der Waals surface area contributed by atoms with Crippen molar-refractivity contribution in [3.63, 3.8) is 0 Å². The number of hydrogen-bond acceptors (Lipinski definition) is 6. The Hall–Kier alpha value is -2.97. The maximum atomic E-state index is 13.1. The molecule has 0 bridgehead atoms. The molecule has 0 aliphatic carbocycles. The summed E-state index contributed by atoms with van der Waals surface area (Å²) in [6.45, 7) is 7.47. The third-order valence-corrected chi connectivity index (χ3v) is 6.55. The first-order valence-electron chi connectivity index (χ1n) is 10.9. The Labute approximate surface area is 192 Å². The molecule has 7 nitrogen and oxygen atoms in total. The van der Waals surface area contributed by atoms with Crippen LogP contribution in [0.4, 0.5) is 0 Å². The number of benzene rings is 1. The highest BCUT2D eigenvalue weighted by Crippen LogP contribution is 2.24. The molecule has 1 atom stereocenters. The number of nitrogens with one attached hydrogen (secondary N) is 1. The van der Waals surface area contributed by atoms with Crippen LogP contribution in [0.15, 0.2) is 58.5 Å². The van der Waals surface area contributed by atoms with Gasteiger partial charge in [-0.15, -0.1) is 11.3 Å². The summed E-state index contributed by atoms with van der Waals surface area (Å²) in [5, 5.41) is 5.98. The second-order valence-electron chi connectivity index (χ2n) is 8.28. The second kappa shape index (κ2) is 10.1. The van der Waals surface area contributed by atoms with Crippen LogP contribution in [0, 0.1) is 5.92 Å². The minimum Gasteiger partial charge on any atom is -0.459 e. The molecule has 32 heavy (non-hydrogen) atoms. The Morgan fingerprint density at radius 1 is 1.09 bits per heavy atom. The lowest BCUT2D eigenvalue weighted by molar-refractivity contribution is -0.136. The normalized spacial score (nSPS) is 15.7. The van der Waals surface area contributed by atoms with Gasteiger partial charge < -0.3 is 14.6 Å². The van der Waals surface area contributed by atoms with E-state index < -0.39 is 6.04 Å². The van der Waals surface area contributed by atoms with E-state index in [2.05, 4.69) is 27.7 Å². The van der Waals surface area contributed by atoms with Crippen molar-refractivity contribution in [2.75, 3.05) is 26.2 Å². The van der Waals surface area contributed by atoms with Gasteiger partial charge in [-0.2, -0.15) is 0 Å². The quantitative estimate of drug-likeness (QED) is 0.594. The minimum atomic E-state index is -0.578. The molecule has 1 N–H and O–H groups in total. The summed E-state index contributed by atoms with van der Waals surface area (Å²) < 4.78 is 5.15. The van der Waals surface area contributed by atoms with Crippen molar-refractivity contribution in [3.05, 3.63) is 65.6 Å². The number of carbonyl (C=O) groups excluding carboxylic acids is 2. The molecule has 8 heteroatoms. The average Bonchev–Trinajstić information content (AvgIpc) is 3.50. The van der Waals surface area contributed by atoms with Crippen LogP contribution in [0.2, 0.25) is 0 Å². The van der Waals surface area contributed by atoms with Crippen LogP contribution in [0.25, 0.3) is 10.6 Å². The lowest BCUT2D eigenvalue weighted by Crippen LogP contribution is -2.56.